The Kier molecular flexibility index (Phi) is 4.18. The van der Waals surface area contributed by atoms with Gasteiger partial charge in [0.25, 0.3) is 0 Å². The minimum Gasteiger partial charge on any atom is -0.380 e. The summed E-state index contributed by atoms with van der Waals surface area (Å²) in [4.78, 5) is 6.82. The van der Waals surface area contributed by atoms with E-state index in [-0.39, 0.29) is 0 Å². The number of piperidine rings is 1. The summed E-state index contributed by atoms with van der Waals surface area (Å²) in [6.45, 7) is 7.08. The molecule has 2 atom stereocenters. The first-order valence-electron chi connectivity index (χ1n) is 7.75. The third-order valence-corrected chi connectivity index (χ3v) is 5.12. The molecule has 2 fully saturated rings. The van der Waals surface area contributed by atoms with E-state index in [9.17, 15) is 0 Å². The lowest BCUT2D eigenvalue weighted by molar-refractivity contribution is 0.0518. The third kappa shape index (κ3) is 2.94. The molecule has 2 unspecified atom stereocenters. The summed E-state index contributed by atoms with van der Waals surface area (Å²) < 4.78 is 0. The van der Waals surface area contributed by atoms with Crippen molar-refractivity contribution in [3.63, 3.8) is 0 Å². The van der Waals surface area contributed by atoms with Gasteiger partial charge in [-0.05, 0) is 50.7 Å². The highest BCUT2D eigenvalue weighted by molar-refractivity contribution is 6.29. The summed E-state index contributed by atoms with van der Waals surface area (Å²) in [5, 5.41) is 4.28. The van der Waals surface area contributed by atoms with E-state index < -0.39 is 0 Å². The number of anilines is 1. The van der Waals surface area contributed by atoms with E-state index in [1.807, 2.05) is 18.3 Å². The molecule has 0 amide bonds. The van der Waals surface area contributed by atoms with Gasteiger partial charge in [0, 0.05) is 25.2 Å². The van der Waals surface area contributed by atoms with Crippen LogP contribution in [0, 0.1) is 11.8 Å². The summed E-state index contributed by atoms with van der Waals surface area (Å²) in [7, 11) is 0. The zero-order valence-corrected chi connectivity index (χ0v) is 13.1. The Morgan fingerprint density at radius 1 is 1.25 bits per heavy atom. The monoisotopic (exact) mass is 293 g/mol. The van der Waals surface area contributed by atoms with Crippen molar-refractivity contribution in [1.29, 1.82) is 0 Å². The van der Waals surface area contributed by atoms with Crippen LogP contribution in [0.15, 0.2) is 18.3 Å². The number of hydrogen-bond donors (Lipinski definition) is 1. The Labute approximate surface area is 126 Å². The van der Waals surface area contributed by atoms with E-state index in [0.29, 0.717) is 17.2 Å². The van der Waals surface area contributed by atoms with E-state index in [2.05, 4.69) is 29.0 Å². The summed E-state index contributed by atoms with van der Waals surface area (Å²) in [6, 6.07) is 5.17. The summed E-state index contributed by atoms with van der Waals surface area (Å²) in [5.41, 5.74) is 1.11. The molecule has 0 aromatic carbocycles. The number of aromatic nitrogens is 1. The first kappa shape index (κ1) is 14.2. The fraction of sp³-hybridized carbons (Fsp3) is 0.688. The predicted molar refractivity (Wildman–Crippen MR) is 84.2 cm³/mol. The summed E-state index contributed by atoms with van der Waals surface area (Å²) >= 11 is 5.86. The average molecular weight is 294 g/mol. The second-order valence-corrected chi connectivity index (χ2v) is 6.93. The van der Waals surface area contributed by atoms with Crippen molar-refractivity contribution in [3.8, 4) is 0 Å². The van der Waals surface area contributed by atoms with Crippen molar-refractivity contribution in [1.82, 2.24) is 9.88 Å². The van der Waals surface area contributed by atoms with E-state index >= 15 is 0 Å². The molecular weight excluding hydrogens is 270 g/mol. The van der Waals surface area contributed by atoms with Crippen molar-refractivity contribution in [3.05, 3.63) is 23.5 Å². The molecule has 20 heavy (non-hydrogen) atoms. The molecule has 1 aliphatic carbocycles. The molecule has 1 aliphatic heterocycles. The van der Waals surface area contributed by atoms with Gasteiger partial charge in [-0.1, -0.05) is 18.0 Å². The Morgan fingerprint density at radius 3 is 2.50 bits per heavy atom. The molecule has 0 radical (unpaired) electrons. The number of hydrogen-bond acceptors (Lipinski definition) is 3. The molecule has 110 valence electrons. The number of likely N-dealkylation sites (tertiary alicyclic amines) is 1. The number of nitrogens with one attached hydrogen (secondary N) is 1. The largest absolute Gasteiger partial charge is 0.380 e. The molecule has 2 bridgehead atoms. The van der Waals surface area contributed by atoms with Gasteiger partial charge in [0.1, 0.15) is 5.15 Å². The number of halogens is 1. The van der Waals surface area contributed by atoms with E-state index in [1.54, 1.807) is 0 Å². The first-order valence-corrected chi connectivity index (χ1v) is 8.13. The molecule has 1 N–H and O–H groups in total. The SMILES string of the molecule is CC(C)N1CC2CCCC(C1)C2Nc1ccc(Cl)nc1. The van der Waals surface area contributed by atoms with Crippen molar-refractivity contribution < 1.29 is 0 Å². The lowest BCUT2D eigenvalue weighted by Crippen LogP contribution is -2.56. The highest BCUT2D eigenvalue weighted by Crippen LogP contribution is 2.37. The smallest absolute Gasteiger partial charge is 0.129 e. The third-order valence-electron chi connectivity index (χ3n) is 4.89. The van der Waals surface area contributed by atoms with Crippen LogP contribution in [0.5, 0.6) is 0 Å². The van der Waals surface area contributed by atoms with Crippen LogP contribution in [-0.4, -0.2) is 35.1 Å². The molecule has 4 heteroatoms. The molecule has 2 heterocycles. The fourth-order valence-corrected chi connectivity index (χ4v) is 3.90. The van der Waals surface area contributed by atoms with E-state index in [1.165, 1.54) is 32.4 Å². The Bertz CT molecular complexity index is 432. The fourth-order valence-electron chi connectivity index (χ4n) is 3.78. The van der Waals surface area contributed by atoms with Gasteiger partial charge < -0.3 is 10.2 Å². The van der Waals surface area contributed by atoms with Gasteiger partial charge in [-0.25, -0.2) is 4.98 Å². The van der Waals surface area contributed by atoms with Crippen molar-refractivity contribution >= 4 is 17.3 Å². The minimum atomic E-state index is 0.561. The molecule has 1 aromatic heterocycles. The van der Waals surface area contributed by atoms with Crippen LogP contribution in [-0.2, 0) is 0 Å². The Hall–Kier alpha value is -0.800. The summed E-state index contributed by atoms with van der Waals surface area (Å²) in [5.74, 6) is 1.53. The van der Waals surface area contributed by atoms with Gasteiger partial charge in [0.05, 0.1) is 11.9 Å². The molecule has 1 saturated carbocycles. The van der Waals surface area contributed by atoms with Gasteiger partial charge in [-0.2, -0.15) is 0 Å². The Morgan fingerprint density at radius 2 is 1.95 bits per heavy atom. The quantitative estimate of drug-likeness (QED) is 0.862. The number of fused-ring (bicyclic) bond motifs is 2. The molecule has 1 saturated heterocycles. The number of rotatable bonds is 3. The first-order chi connectivity index (χ1) is 9.63. The van der Waals surface area contributed by atoms with Crippen LogP contribution in [0.2, 0.25) is 5.15 Å². The summed E-state index contributed by atoms with van der Waals surface area (Å²) in [6.07, 6.45) is 5.93. The molecule has 0 spiro atoms. The number of nitrogens with zero attached hydrogens (tertiary/aromatic N) is 2. The second-order valence-electron chi connectivity index (χ2n) is 6.54. The molecule has 2 aliphatic rings. The molecule has 1 aromatic rings. The van der Waals surface area contributed by atoms with E-state index in [4.69, 9.17) is 11.6 Å². The highest BCUT2D eigenvalue weighted by atomic mass is 35.5. The lowest BCUT2D eigenvalue weighted by Gasteiger charge is -2.49. The number of pyridine rings is 1. The zero-order chi connectivity index (χ0) is 14.1. The molecule has 3 nitrogen and oxygen atoms in total. The van der Waals surface area contributed by atoms with E-state index in [0.717, 1.165) is 17.5 Å². The predicted octanol–water partition coefficient (Wildman–Crippen LogP) is 3.66. The van der Waals surface area contributed by atoms with Crippen LogP contribution in [0.3, 0.4) is 0 Å². The van der Waals surface area contributed by atoms with Crippen molar-refractivity contribution in [2.24, 2.45) is 11.8 Å². The maximum Gasteiger partial charge on any atom is 0.129 e. The molecular formula is C16H24ClN3. The lowest BCUT2D eigenvalue weighted by atomic mass is 9.73. The maximum absolute atomic E-state index is 5.86. The van der Waals surface area contributed by atoms with Gasteiger partial charge in [-0.15, -0.1) is 0 Å². The maximum atomic E-state index is 5.86. The van der Waals surface area contributed by atoms with Gasteiger partial charge >= 0.3 is 0 Å². The van der Waals surface area contributed by atoms with Crippen LogP contribution in [0.25, 0.3) is 0 Å². The average Bonchev–Trinajstić information content (AvgIpc) is 2.40. The van der Waals surface area contributed by atoms with Crippen LogP contribution in [0.4, 0.5) is 5.69 Å². The highest BCUT2D eigenvalue weighted by Gasteiger charge is 2.39. The van der Waals surface area contributed by atoms with Crippen molar-refractivity contribution in [2.45, 2.75) is 45.2 Å². The minimum absolute atomic E-state index is 0.561. The van der Waals surface area contributed by atoms with Crippen molar-refractivity contribution in [2.75, 3.05) is 18.4 Å². The second kappa shape index (κ2) is 5.90. The van der Waals surface area contributed by atoms with Crippen LogP contribution >= 0.6 is 11.6 Å². The standard InChI is InChI=1S/C16H24ClN3/c1-11(2)20-9-12-4-3-5-13(10-20)16(12)19-14-6-7-15(17)18-8-14/h6-8,11-13,16,19H,3-5,9-10H2,1-2H3. The van der Waals surface area contributed by atoms with Crippen LogP contribution in [0.1, 0.15) is 33.1 Å². The van der Waals surface area contributed by atoms with Gasteiger partial charge in [0.2, 0.25) is 0 Å². The normalized spacial score (nSPS) is 30.5. The van der Waals surface area contributed by atoms with Crippen LogP contribution < -0.4 is 5.32 Å². The molecule has 3 rings (SSSR count). The van der Waals surface area contributed by atoms with Gasteiger partial charge in [-0.3, -0.25) is 0 Å². The van der Waals surface area contributed by atoms with Gasteiger partial charge in [0.15, 0.2) is 0 Å². The topological polar surface area (TPSA) is 28.2 Å². The zero-order valence-electron chi connectivity index (χ0n) is 12.3. The Balaban J connectivity index is 1.72.